The quantitative estimate of drug-likeness (QED) is 0.352. The van der Waals surface area contributed by atoms with Crippen LogP contribution in [0.1, 0.15) is 32.1 Å². The highest BCUT2D eigenvalue weighted by Gasteiger charge is 2.50. The van der Waals surface area contributed by atoms with E-state index in [1.54, 1.807) is 7.11 Å². The number of halogens is 2. The molecule has 4 saturated heterocycles. The van der Waals surface area contributed by atoms with Crippen LogP contribution in [0.3, 0.4) is 0 Å². The van der Waals surface area contributed by atoms with Crippen molar-refractivity contribution >= 4 is 27.5 Å². The zero-order valence-electron chi connectivity index (χ0n) is 24.6. The van der Waals surface area contributed by atoms with Gasteiger partial charge in [0.15, 0.2) is 5.82 Å². The summed E-state index contributed by atoms with van der Waals surface area (Å²) < 4.78 is 49.6. The van der Waals surface area contributed by atoms with Crippen LogP contribution in [0.25, 0.3) is 32.9 Å². The molecule has 11 heteroatoms. The summed E-state index contributed by atoms with van der Waals surface area (Å²) in [4.78, 5) is 18.9. The fourth-order valence-corrected chi connectivity index (χ4v) is 8.39. The topological polar surface area (TPSA) is 84.9 Å². The van der Waals surface area contributed by atoms with Crippen molar-refractivity contribution in [2.75, 3.05) is 44.9 Å². The second-order valence-electron chi connectivity index (χ2n) is 13.0. The van der Waals surface area contributed by atoms with Crippen LogP contribution >= 0.6 is 0 Å². The summed E-state index contributed by atoms with van der Waals surface area (Å²) in [6.07, 6.45) is 3.54. The molecule has 0 spiro atoms. The fraction of sp³-hybridized carbons (Fsp3) is 0.485. The number of rotatable bonds is 5. The molecule has 2 aromatic heterocycles. The molecule has 1 N–H and O–H groups in total. The minimum absolute atomic E-state index is 0.00766. The second kappa shape index (κ2) is 9.84. The molecule has 0 aliphatic carbocycles. The average molecular weight is 601 g/mol. The minimum atomic E-state index is -0.872. The van der Waals surface area contributed by atoms with Crippen LogP contribution in [-0.2, 0) is 0 Å². The average Bonchev–Trinajstić information content (AvgIpc) is 3.67. The van der Waals surface area contributed by atoms with Crippen LogP contribution in [0.15, 0.2) is 36.4 Å². The molecule has 9 rings (SSSR count). The smallest absolute Gasteiger partial charge is 0.319 e. The molecular formula is C33H34F2N6O3. The summed E-state index contributed by atoms with van der Waals surface area (Å²) >= 11 is 0. The van der Waals surface area contributed by atoms with Crippen molar-refractivity contribution in [3.05, 3.63) is 42.2 Å². The summed E-state index contributed by atoms with van der Waals surface area (Å²) in [5.41, 5.74) is 0.511. The highest BCUT2D eigenvalue weighted by atomic mass is 19.1. The lowest BCUT2D eigenvalue weighted by Gasteiger charge is -2.40. The lowest BCUT2D eigenvalue weighted by Crippen LogP contribution is -2.60. The van der Waals surface area contributed by atoms with Gasteiger partial charge in [-0.25, -0.2) is 13.8 Å². The first kappa shape index (κ1) is 26.6. The molecule has 9 nitrogen and oxygen atoms in total. The van der Waals surface area contributed by atoms with Crippen molar-refractivity contribution in [1.29, 1.82) is 0 Å². The first-order chi connectivity index (χ1) is 21.5. The van der Waals surface area contributed by atoms with E-state index in [1.165, 1.54) is 0 Å². The zero-order chi connectivity index (χ0) is 29.6. The molecule has 2 bridgehead atoms. The van der Waals surface area contributed by atoms with Gasteiger partial charge in [0, 0.05) is 37.2 Å². The third-order valence-corrected chi connectivity index (χ3v) is 10.5. The summed E-state index contributed by atoms with van der Waals surface area (Å²) in [6.45, 7) is 2.67. The van der Waals surface area contributed by atoms with E-state index in [9.17, 15) is 4.39 Å². The Kier molecular flexibility index (Phi) is 5.94. The molecule has 5 atom stereocenters. The van der Waals surface area contributed by atoms with Crippen LogP contribution in [0.2, 0.25) is 0 Å². The van der Waals surface area contributed by atoms with Crippen LogP contribution in [-0.4, -0.2) is 89.6 Å². The predicted octanol–water partition coefficient (Wildman–Crippen LogP) is 4.65. The van der Waals surface area contributed by atoms with E-state index in [-0.39, 0.29) is 41.5 Å². The Balaban J connectivity index is 1.21. The standard InChI is InChI=1S/C33H34F2N6O3/c1-42-21-8-6-18-4-2-5-22(23(18)12-21)28-27(35)29-26-30(41-15-20-7-9-24(36-20)25(41)16-43-31(26)37-28)39-32(38-29)44-17-33-10-3-11-40(33)14-19(34)13-33/h2,4-6,8,12,19-20,24-25,36H,3,7,9-11,13-17H2,1H3/t19-,20+,24-,25?,33+/m1/s1. The number of ether oxygens (including phenoxy) is 3. The number of benzene rings is 2. The van der Waals surface area contributed by atoms with Crippen molar-refractivity contribution in [2.45, 2.75) is 61.9 Å². The zero-order valence-corrected chi connectivity index (χ0v) is 24.6. The number of methoxy groups -OCH3 is 1. The number of hydrogen-bond donors (Lipinski definition) is 1. The van der Waals surface area contributed by atoms with Crippen molar-refractivity contribution < 1.29 is 23.0 Å². The molecule has 0 saturated carbocycles. The van der Waals surface area contributed by atoms with Gasteiger partial charge in [0.2, 0.25) is 5.88 Å². The van der Waals surface area contributed by atoms with E-state index in [1.807, 2.05) is 36.4 Å². The number of alkyl halides is 1. The van der Waals surface area contributed by atoms with Crippen molar-refractivity contribution in [2.24, 2.45) is 0 Å². The van der Waals surface area contributed by atoms with E-state index < -0.39 is 12.0 Å². The van der Waals surface area contributed by atoms with Gasteiger partial charge < -0.3 is 24.4 Å². The number of anilines is 1. The van der Waals surface area contributed by atoms with E-state index in [0.29, 0.717) is 54.0 Å². The largest absolute Gasteiger partial charge is 0.497 e. The number of pyridine rings is 1. The highest BCUT2D eigenvalue weighted by molar-refractivity contribution is 6.01. The maximum atomic E-state index is 16.9. The molecule has 4 aromatic rings. The van der Waals surface area contributed by atoms with Gasteiger partial charge in [-0.15, -0.1) is 0 Å². The summed E-state index contributed by atoms with van der Waals surface area (Å²) in [5, 5.41) is 5.93. The summed E-state index contributed by atoms with van der Waals surface area (Å²) in [5.74, 6) is 1.02. The maximum absolute atomic E-state index is 16.9. The molecule has 0 radical (unpaired) electrons. The molecule has 44 heavy (non-hydrogen) atoms. The number of nitrogens with zero attached hydrogens (tertiary/aromatic N) is 5. The molecule has 4 fully saturated rings. The third-order valence-electron chi connectivity index (χ3n) is 10.5. The Morgan fingerprint density at radius 2 is 2.07 bits per heavy atom. The molecular weight excluding hydrogens is 566 g/mol. The van der Waals surface area contributed by atoms with E-state index in [2.05, 4.69) is 15.1 Å². The number of piperazine rings is 1. The first-order valence-corrected chi connectivity index (χ1v) is 15.7. The molecule has 1 unspecified atom stereocenters. The third kappa shape index (κ3) is 3.98. The van der Waals surface area contributed by atoms with Gasteiger partial charge in [-0.1, -0.05) is 24.3 Å². The Labute approximate surface area is 253 Å². The van der Waals surface area contributed by atoms with Crippen molar-refractivity contribution in [3.63, 3.8) is 0 Å². The molecule has 0 amide bonds. The first-order valence-electron chi connectivity index (χ1n) is 15.7. The Hall–Kier alpha value is -3.83. The second-order valence-corrected chi connectivity index (χ2v) is 13.0. The van der Waals surface area contributed by atoms with Gasteiger partial charge in [0.1, 0.15) is 47.5 Å². The van der Waals surface area contributed by atoms with Gasteiger partial charge in [-0.05, 0) is 55.1 Å². The lowest BCUT2D eigenvalue weighted by molar-refractivity contribution is 0.107. The SMILES string of the molecule is COc1ccc2cccc(-c3nc4c5c(nc(OC[C@@]67CCCN6C[C@H](F)C7)nc5c3F)N3C[C@@H]5CC[C@@H](N5)C3CO4)c2c1. The normalized spacial score (nSPS) is 29.0. The molecule has 7 heterocycles. The molecule has 2 aromatic carbocycles. The van der Waals surface area contributed by atoms with Crippen LogP contribution in [0, 0.1) is 5.82 Å². The van der Waals surface area contributed by atoms with Gasteiger partial charge >= 0.3 is 6.01 Å². The highest BCUT2D eigenvalue weighted by Crippen LogP contribution is 2.45. The molecule has 5 aliphatic heterocycles. The van der Waals surface area contributed by atoms with Gasteiger partial charge in [0.25, 0.3) is 0 Å². The van der Waals surface area contributed by atoms with Crippen LogP contribution in [0.5, 0.6) is 17.6 Å². The monoisotopic (exact) mass is 600 g/mol. The predicted molar refractivity (Wildman–Crippen MR) is 162 cm³/mol. The van der Waals surface area contributed by atoms with Crippen LogP contribution < -0.4 is 24.4 Å². The Morgan fingerprint density at radius 1 is 1.14 bits per heavy atom. The number of fused-ring (bicyclic) bond motifs is 7. The van der Waals surface area contributed by atoms with Gasteiger partial charge in [0.05, 0.1) is 18.7 Å². The minimum Gasteiger partial charge on any atom is -0.497 e. The van der Waals surface area contributed by atoms with Crippen molar-refractivity contribution in [3.8, 4) is 28.9 Å². The maximum Gasteiger partial charge on any atom is 0.319 e. The van der Waals surface area contributed by atoms with E-state index >= 15 is 4.39 Å². The Bertz CT molecular complexity index is 1810. The van der Waals surface area contributed by atoms with E-state index in [0.717, 1.165) is 49.5 Å². The van der Waals surface area contributed by atoms with Crippen LogP contribution in [0.4, 0.5) is 14.6 Å². The molecule has 5 aliphatic rings. The van der Waals surface area contributed by atoms with Gasteiger partial charge in [-0.3, -0.25) is 4.90 Å². The Morgan fingerprint density at radius 3 is 2.98 bits per heavy atom. The summed E-state index contributed by atoms with van der Waals surface area (Å²) in [6, 6.07) is 12.1. The van der Waals surface area contributed by atoms with Gasteiger partial charge in [-0.2, -0.15) is 9.97 Å². The van der Waals surface area contributed by atoms with E-state index in [4.69, 9.17) is 29.2 Å². The number of aromatic nitrogens is 3. The number of nitrogens with one attached hydrogen (secondary N) is 1. The fourth-order valence-electron chi connectivity index (χ4n) is 8.39. The molecule has 228 valence electrons. The van der Waals surface area contributed by atoms with Crippen molar-refractivity contribution in [1.82, 2.24) is 25.2 Å². The number of hydrogen-bond acceptors (Lipinski definition) is 9. The lowest BCUT2D eigenvalue weighted by atomic mass is 9.95. The summed E-state index contributed by atoms with van der Waals surface area (Å²) in [7, 11) is 1.61.